The third-order valence-electron chi connectivity index (χ3n) is 7.75. The van der Waals surface area contributed by atoms with Gasteiger partial charge in [-0.05, 0) is 89.9 Å². The number of hydrogen-bond donors (Lipinski definition) is 0. The number of allylic oxidation sites excluding steroid dienone is 1. The number of carbonyl (C=O) groups is 1. The number of methoxy groups -OCH3 is 2. The molecule has 0 amide bonds. The van der Waals surface area contributed by atoms with Crippen molar-refractivity contribution < 1.29 is 19.0 Å². The molecule has 0 fully saturated rings. The Kier molecular flexibility index (Phi) is 8.42. The number of esters is 1. The summed E-state index contributed by atoms with van der Waals surface area (Å²) >= 11 is 2.84. The fourth-order valence-corrected chi connectivity index (χ4v) is 7.75. The average molecular weight is 631 g/mol. The van der Waals surface area contributed by atoms with Gasteiger partial charge < -0.3 is 18.8 Å². The second kappa shape index (κ2) is 11.9. The molecule has 0 N–H and O–H groups in total. The molecule has 4 heterocycles. The second-order valence-electron chi connectivity index (χ2n) is 10.9. The molecule has 0 saturated carbocycles. The van der Waals surface area contributed by atoms with Crippen LogP contribution in [0, 0.1) is 39.0 Å². The van der Waals surface area contributed by atoms with Gasteiger partial charge in [-0.1, -0.05) is 11.3 Å². The summed E-state index contributed by atoms with van der Waals surface area (Å²) in [5, 5.41) is 10.7. The van der Waals surface area contributed by atoms with E-state index in [9.17, 15) is 14.9 Å². The van der Waals surface area contributed by atoms with Gasteiger partial charge in [-0.15, -0.1) is 11.3 Å². The maximum atomic E-state index is 14.3. The highest BCUT2D eigenvalue weighted by atomic mass is 32.1. The van der Waals surface area contributed by atoms with Crippen molar-refractivity contribution in [3.63, 3.8) is 0 Å². The monoisotopic (exact) mass is 630 g/mol. The average Bonchev–Trinajstić information content (AvgIpc) is 3.55. The molecule has 0 aliphatic carbocycles. The van der Waals surface area contributed by atoms with Crippen LogP contribution < -0.4 is 24.4 Å². The van der Waals surface area contributed by atoms with Gasteiger partial charge in [-0.3, -0.25) is 9.36 Å². The molecule has 0 spiro atoms. The third kappa shape index (κ3) is 5.18. The number of fused-ring (bicyclic) bond motifs is 1. The smallest absolute Gasteiger partial charge is 0.338 e. The molecule has 11 heteroatoms. The predicted molar refractivity (Wildman–Crippen MR) is 172 cm³/mol. The second-order valence-corrected chi connectivity index (χ2v) is 13.1. The van der Waals surface area contributed by atoms with Gasteiger partial charge in [0.1, 0.15) is 28.6 Å². The summed E-state index contributed by atoms with van der Waals surface area (Å²) in [6.45, 7) is 13.3. The summed E-state index contributed by atoms with van der Waals surface area (Å²) in [4.78, 5) is 34.0. The van der Waals surface area contributed by atoms with Crippen molar-refractivity contribution in [2.24, 2.45) is 4.99 Å². The number of ether oxygens (including phenoxy) is 3. The summed E-state index contributed by atoms with van der Waals surface area (Å²) in [6, 6.07) is 8.80. The maximum Gasteiger partial charge on any atom is 0.338 e. The van der Waals surface area contributed by atoms with Gasteiger partial charge in [0.25, 0.3) is 5.56 Å². The van der Waals surface area contributed by atoms with Crippen LogP contribution in [0.2, 0.25) is 0 Å². The van der Waals surface area contributed by atoms with Crippen LogP contribution in [-0.2, 0) is 9.53 Å². The highest BCUT2D eigenvalue weighted by Crippen LogP contribution is 2.38. The first-order valence-corrected chi connectivity index (χ1v) is 15.7. The number of benzene rings is 1. The van der Waals surface area contributed by atoms with E-state index >= 15 is 0 Å². The number of carbonyl (C=O) groups excluding carboxylic acids is 1. The van der Waals surface area contributed by atoms with Crippen molar-refractivity contribution >= 4 is 34.7 Å². The summed E-state index contributed by atoms with van der Waals surface area (Å²) in [7, 11) is 3.10. The van der Waals surface area contributed by atoms with Gasteiger partial charge in [-0.2, -0.15) is 5.26 Å². The molecule has 1 aromatic carbocycles. The summed E-state index contributed by atoms with van der Waals surface area (Å²) in [5.41, 5.74) is 5.35. The van der Waals surface area contributed by atoms with Gasteiger partial charge >= 0.3 is 5.97 Å². The molecule has 9 nitrogen and oxygen atoms in total. The van der Waals surface area contributed by atoms with Crippen molar-refractivity contribution in [3.8, 4) is 22.6 Å². The number of aromatic nitrogens is 2. The Balaban J connectivity index is 1.75. The van der Waals surface area contributed by atoms with Crippen LogP contribution in [0.1, 0.15) is 65.3 Å². The molecule has 0 saturated heterocycles. The van der Waals surface area contributed by atoms with Crippen LogP contribution in [-0.4, -0.2) is 35.4 Å². The Morgan fingerprint density at radius 3 is 2.45 bits per heavy atom. The van der Waals surface area contributed by atoms with Gasteiger partial charge in [-0.25, -0.2) is 9.79 Å². The lowest BCUT2D eigenvalue weighted by atomic mass is 9.94. The molecule has 4 aromatic rings. The molecule has 3 aromatic heterocycles. The predicted octanol–water partition coefficient (Wildman–Crippen LogP) is 5.16. The Hall–Kier alpha value is -4.40. The Labute approximate surface area is 263 Å². The standard InChI is InChI=1S/C33H34N4O5S2/c1-16(2)42-32(39)28-19(5)35-33-37(29(28)24-14-23(40-8)10-11-26(24)41-9)30(38)27(44-33)13-22-12-17(3)36(20(22)6)31-25(15-34)18(4)21(7)43-31/h10-14,16,29H,1-9H3/b27-13-/t29-/m1/s1. The number of rotatable bonds is 7. The SMILES string of the molecule is COc1ccc(OC)c([C@@H]2C(C(=O)OC(C)C)=C(C)N=c3s/c(=C\c4cc(C)n(-c5sc(C)c(C)c5C#N)c4C)c(=O)n32)c1. The number of hydrogen-bond acceptors (Lipinski definition) is 9. The molecule has 0 radical (unpaired) electrons. The van der Waals surface area contributed by atoms with Crippen molar-refractivity contribution in [3.05, 3.63) is 93.7 Å². The van der Waals surface area contributed by atoms with Crippen LogP contribution in [0.15, 0.2) is 45.3 Å². The van der Waals surface area contributed by atoms with Crippen molar-refractivity contribution in [2.45, 2.75) is 60.6 Å². The van der Waals surface area contributed by atoms with E-state index in [2.05, 4.69) is 10.6 Å². The highest BCUT2D eigenvalue weighted by Gasteiger charge is 2.36. The molecular weight excluding hydrogens is 597 g/mol. The number of thiazole rings is 1. The third-order valence-corrected chi connectivity index (χ3v) is 9.93. The van der Waals surface area contributed by atoms with Crippen molar-refractivity contribution in [1.29, 1.82) is 5.26 Å². The fourth-order valence-electron chi connectivity index (χ4n) is 5.49. The Bertz CT molecular complexity index is 2070. The first-order chi connectivity index (χ1) is 20.9. The molecular formula is C33H34N4O5S2. The molecule has 5 rings (SSSR count). The van der Waals surface area contributed by atoms with Crippen LogP contribution in [0.5, 0.6) is 11.5 Å². The number of thiophene rings is 1. The van der Waals surface area contributed by atoms with E-state index in [0.717, 1.165) is 32.4 Å². The number of nitriles is 1. The lowest BCUT2D eigenvalue weighted by Crippen LogP contribution is -2.40. The molecule has 228 valence electrons. The maximum absolute atomic E-state index is 14.3. The topological polar surface area (TPSA) is 108 Å². The van der Waals surface area contributed by atoms with Gasteiger partial charge in [0.05, 0.1) is 41.7 Å². The molecule has 0 bridgehead atoms. The fraction of sp³-hybridized carbons (Fsp3) is 0.333. The van der Waals surface area contributed by atoms with Crippen LogP contribution in [0.25, 0.3) is 11.1 Å². The zero-order valence-corrected chi connectivity index (χ0v) is 27.8. The number of nitrogens with zero attached hydrogens (tertiary/aromatic N) is 4. The molecule has 1 aliphatic heterocycles. The van der Waals surface area contributed by atoms with E-state index in [1.807, 2.05) is 39.8 Å². The first kappa shape index (κ1) is 31.0. The zero-order valence-electron chi connectivity index (χ0n) is 26.2. The van der Waals surface area contributed by atoms with Gasteiger partial charge in [0.15, 0.2) is 4.80 Å². The summed E-state index contributed by atoms with van der Waals surface area (Å²) in [6.07, 6.45) is 1.49. The van der Waals surface area contributed by atoms with Crippen molar-refractivity contribution in [2.75, 3.05) is 14.2 Å². The lowest BCUT2D eigenvalue weighted by Gasteiger charge is -2.26. The zero-order chi connectivity index (χ0) is 32.0. The van der Waals surface area contributed by atoms with E-state index in [0.29, 0.717) is 37.7 Å². The van der Waals surface area contributed by atoms with E-state index in [1.165, 1.54) is 15.9 Å². The van der Waals surface area contributed by atoms with E-state index < -0.39 is 12.0 Å². The van der Waals surface area contributed by atoms with E-state index in [-0.39, 0.29) is 17.2 Å². The van der Waals surface area contributed by atoms with Gasteiger partial charge in [0, 0.05) is 21.8 Å². The minimum absolute atomic E-state index is 0.259. The van der Waals surface area contributed by atoms with Crippen LogP contribution in [0.3, 0.4) is 0 Å². The Morgan fingerprint density at radius 1 is 1.09 bits per heavy atom. The molecule has 1 atom stereocenters. The minimum atomic E-state index is -0.854. The highest BCUT2D eigenvalue weighted by molar-refractivity contribution is 7.15. The van der Waals surface area contributed by atoms with Crippen LogP contribution in [0.4, 0.5) is 0 Å². The Morgan fingerprint density at radius 2 is 1.82 bits per heavy atom. The van der Waals surface area contributed by atoms with E-state index in [4.69, 9.17) is 19.2 Å². The van der Waals surface area contributed by atoms with Crippen LogP contribution >= 0.6 is 22.7 Å². The molecule has 44 heavy (non-hydrogen) atoms. The van der Waals surface area contributed by atoms with Gasteiger partial charge in [0.2, 0.25) is 0 Å². The normalized spacial score (nSPS) is 14.8. The number of aryl methyl sites for hydroxylation is 2. The molecule has 1 aliphatic rings. The first-order valence-electron chi connectivity index (χ1n) is 14.1. The minimum Gasteiger partial charge on any atom is -0.497 e. The van der Waals surface area contributed by atoms with Crippen molar-refractivity contribution in [1.82, 2.24) is 9.13 Å². The summed E-state index contributed by atoms with van der Waals surface area (Å²) in [5.74, 6) is 0.495. The largest absolute Gasteiger partial charge is 0.497 e. The lowest BCUT2D eigenvalue weighted by molar-refractivity contribution is -0.143. The molecule has 0 unspecified atom stereocenters. The summed E-state index contributed by atoms with van der Waals surface area (Å²) < 4.78 is 20.9. The quantitative estimate of drug-likeness (QED) is 0.261. The van der Waals surface area contributed by atoms with E-state index in [1.54, 1.807) is 64.5 Å².